The smallest absolute Gasteiger partial charge is 0.0297 e. The van der Waals surface area contributed by atoms with Gasteiger partial charge in [0.05, 0.1) is 0 Å². The predicted octanol–water partition coefficient (Wildman–Crippen LogP) is 5.17. The van der Waals surface area contributed by atoms with E-state index in [9.17, 15) is 0 Å². The third-order valence-corrected chi connectivity index (χ3v) is 5.73. The molecule has 2 aliphatic rings. The topological polar surface area (TPSA) is 0 Å². The molecular weight excluding hydrogens is 180 g/mol. The minimum absolute atomic E-state index is 0.597. The summed E-state index contributed by atoms with van der Waals surface area (Å²) in [6.07, 6.45) is 13.6. The lowest BCUT2D eigenvalue weighted by atomic mass is 9.62. The maximum absolute atomic E-state index is 2.48. The molecule has 0 nitrogen and oxygen atoms in total. The minimum atomic E-state index is 0.597. The zero-order valence-electron chi connectivity index (χ0n) is 10.9. The maximum atomic E-state index is 2.48. The van der Waals surface area contributed by atoms with Gasteiger partial charge in [-0.1, -0.05) is 40.0 Å². The van der Waals surface area contributed by atoms with Gasteiger partial charge in [-0.15, -0.1) is 0 Å². The summed E-state index contributed by atoms with van der Waals surface area (Å²) in [6.45, 7) is 7.31. The summed E-state index contributed by atoms with van der Waals surface area (Å²) in [5, 5.41) is 0. The van der Waals surface area contributed by atoms with Crippen LogP contribution in [-0.2, 0) is 0 Å². The summed E-state index contributed by atoms with van der Waals surface area (Å²) in [5.41, 5.74) is 1.42. The van der Waals surface area contributed by atoms with Crippen LogP contribution in [0.15, 0.2) is 0 Å². The predicted molar refractivity (Wildman–Crippen MR) is 66.9 cm³/mol. The maximum Gasteiger partial charge on any atom is -0.0297 e. The third kappa shape index (κ3) is 2.24. The molecule has 0 aliphatic heterocycles. The lowest BCUT2D eigenvalue weighted by Crippen LogP contribution is -2.32. The third-order valence-electron chi connectivity index (χ3n) is 5.73. The van der Waals surface area contributed by atoms with Gasteiger partial charge in [-0.2, -0.15) is 0 Å². The van der Waals surface area contributed by atoms with E-state index in [1.165, 1.54) is 32.1 Å². The molecule has 0 amide bonds. The largest absolute Gasteiger partial charge is 0.0649 e. The van der Waals surface area contributed by atoms with Gasteiger partial charge >= 0.3 is 0 Å². The standard InChI is InChI=1S/C15H28/c1-4-14(2,3)13-7-11-15(12-8-13)9-5-6-10-15/h13H,4-12H2,1-3H3. The second-order valence-corrected chi connectivity index (χ2v) is 6.82. The van der Waals surface area contributed by atoms with Gasteiger partial charge in [-0.05, 0) is 55.3 Å². The zero-order chi connectivity index (χ0) is 10.9. The van der Waals surface area contributed by atoms with Crippen molar-refractivity contribution in [2.75, 3.05) is 0 Å². The molecule has 2 fully saturated rings. The van der Waals surface area contributed by atoms with Crippen molar-refractivity contribution in [2.45, 2.75) is 78.6 Å². The molecule has 0 aromatic rings. The molecule has 0 heteroatoms. The summed E-state index contributed by atoms with van der Waals surface area (Å²) >= 11 is 0. The molecule has 0 atom stereocenters. The van der Waals surface area contributed by atoms with Crippen LogP contribution in [0.3, 0.4) is 0 Å². The van der Waals surface area contributed by atoms with Crippen molar-refractivity contribution in [3.8, 4) is 0 Å². The highest BCUT2D eigenvalue weighted by atomic mass is 14.5. The van der Waals surface area contributed by atoms with Gasteiger partial charge in [0.15, 0.2) is 0 Å². The average molecular weight is 208 g/mol. The molecule has 2 aliphatic carbocycles. The molecule has 0 radical (unpaired) electrons. The van der Waals surface area contributed by atoms with Gasteiger partial charge < -0.3 is 0 Å². The zero-order valence-corrected chi connectivity index (χ0v) is 10.9. The van der Waals surface area contributed by atoms with E-state index >= 15 is 0 Å². The van der Waals surface area contributed by atoms with Gasteiger partial charge in [-0.25, -0.2) is 0 Å². The summed E-state index contributed by atoms with van der Waals surface area (Å²) < 4.78 is 0. The highest BCUT2D eigenvalue weighted by molar-refractivity contribution is 4.92. The molecule has 15 heavy (non-hydrogen) atoms. The van der Waals surface area contributed by atoms with E-state index in [-0.39, 0.29) is 0 Å². The van der Waals surface area contributed by atoms with E-state index < -0.39 is 0 Å². The molecule has 88 valence electrons. The van der Waals surface area contributed by atoms with E-state index in [4.69, 9.17) is 0 Å². The Balaban J connectivity index is 1.91. The van der Waals surface area contributed by atoms with Crippen molar-refractivity contribution in [2.24, 2.45) is 16.7 Å². The van der Waals surface area contributed by atoms with Gasteiger partial charge in [0, 0.05) is 0 Å². The second-order valence-electron chi connectivity index (χ2n) is 6.82. The Morgan fingerprint density at radius 1 is 1.00 bits per heavy atom. The van der Waals surface area contributed by atoms with Crippen LogP contribution in [-0.4, -0.2) is 0 Å². The van der Waals surface area contributed by atoms with Crippen molar-refractivity contribution in [1.82, 2.24) is 0 Å². The minimum Gasteiger partial charge on any atom is -0.0649 e. The summed E-state index contributed by atoms with van der Waals surface area (Å²) in [5.74, 6) is 1.01. The van der Waals surface area contributed by atoms with Crippen molar-refractivity contribution in [3.05, 3.63) is 0 Å². The number of hydrogen-bond donors (Lipinski definition) is 0. The molecule has 0 bridgehead atoms. The molecule has 0 aromatic heterocycles. The highest BCUT2D eigenvalue weighted by Crippen LogP contribution is 2.53. The summed E-state index contributed by atoms with van der Waals surface area (Å²) in [4.78, 5) is 0. The molecular formula is C15H28. The van der Waals surface area contributed by atoms with Crippen LogP contribution in [0.2, 0.25) is 0 Å². The molecule has 2 saturated carbocycles. The van der Waals surface area contributed by atoms with Crippen molar-refractivity contribution < 1.29 is 0 Å². The average Bonchev–Trinajstić information content (AvgIpc) is 2.67. The van der Waals surface area contributed by atoms with Gasteiger partial charge in [0.25, 0.3) is 0 Å². The van der Waals surface area contributed by atoms with E-state index in [2.05, 4.69) is 20.8 Å². The Hall–Kier alpha value is 0. The first kappa shape index (κ1) is 11.5. The van der Waals surface area contributed by atoms with E-state index in [0.29, 0.717) is 5.41 Å². The fraction of sp³-hybridized carbons (Fsp3) is 1.00. The Labute approximate surface area is 95.8 Å². The van der Waals surface area contributed by atoms with Crippen LogP contribution < -0.4 is 0 Å². The first-order chi connectivity index (χ1) is 7.08. The van der Waals surface area contributed by atoms with Gasteiger partial charge in [0.2, 0.25) is 0 Å². The first-order valence-electron chi connectivity index (χ1n) is 7.08. The Bertz CT molecular complexity index is 198. The SMILES string of the molecule is CCC(C)(C)C1CCC2(CCCC2)CC1. The number of hydrogen-bond acceptors (Lipinski definition) is 0. The molecule has 0 aromatic carbocycles. The molecule has 2 rings (SSSR count). The van der Waals surface area contributed by atoms with Gasteiger partial charge in [0.1, 0.15) is 0 Å². The fourth-order valence-electron chi connectivity index (χ4n) is 3.93. The summed E-state index contributed by atoms with van der Waals surface area (Å²) in [6, 6.07) is 0. The van der Waals surface area contributed by atoms with Crippen LogP contribution in [0.1, 0.15) is 78.6 Å². The fourth-order valence-corrected chi connectivity index (χ4v) is 3.93. The van der Waals surface area contributed by atoms with Crippen molar-refractivity contribution >= 4 is 0 Å². The Morgan fingerprint density at radius 3 is 2.00 bits per heavy atom. The Kier molecular flexibility index (Phi) is 3.14. The van der Waals surface area contributed by atoms with Crippen LogP contribution in [0.4, 0.5) is 0 Å². The highest BCUT2D eigenvalue weighted by Gasteiger charge is 2.40. The van der Waals surface area contributed by atoms with Gasteiger partial charge in [-0.3, -0.25) is 0 Å². The quantitative estimate of drug-likeness (QED) is 0.587. The van der Waals surface area contributed by atoms with E-state index in [1.54, 1.807) is 25.7 Å². The molecule has 0 unspecified atom stereocenters. The molecule has 1 spiro atoms. The number of rotatable bonds is 2. The van der Waals surface area contributed by atoms with E-state index in [1.807, 2.05) is 0 Å². The van der Waals surface area contributed by atoms with Crippen LogP contribution in [0, 0.1) is 16.7 Å². The second kappa shape index (κ2) is 4.11. The lowest BCUT2D eigenvalue weighted by molar-refractivity contribution is 0.0790. The lowest BCUT2D eigenvalue weighted by Gasteiger charge is -2.43. The van der Waals surface area contributed by atoms with Crippen LogP contribution >= 0.6 is 0 Å². The van der Waals surface area contributed by atoms with E-state index in [0.717, 1.165) is 11.3 Å². The molecule has 0 heterocycles. The Morgan fingerprint density at radius 2 is 1.53 bits per heavy atom. The van der Waals surface area contributed by atoms with Crippen molar-refractivity contribution in [3.63, 3.8) is 0 Å². The molecule has 0 saturated heterocycles. The first-order valence-corrected chi connectivity index (χ1v) is 7.08. The molecule has 0 N–H and O–H groups in total. The summed E-state index contributed by atoms with van der Waals surface area (Å²) in [7, 11) is 0. The van der Waals surface area contributed by atoms with Crippen molar-refractivity contribution in [1.29, 1.82) is 0 Å². The van der Waals surface area contributed by atoms with Crippen LogP contribution in [0.25, 0.3) is 0 Å². The normalized spacial score (nSPS) is 27.4. The van der Waals surface area contributed by atoms with Crippen LogP contribution in [0.5, 0.6) is 0 Å². The monoisotopic (exact) mass is 208 g/mol.